The maximum Gasteiger partial charge on any atom is 0.255 e. The van der Waals surface area contributed by atoms with E-state index in [1.165, 1.54) is 0 Å². The van der Waals surface area contributed by atoms with Crippen molar-refractivity contribution in [3.05, 3.63) is 24.4 Å². The molecule has 2 aromatic rings. The first-order chi connectivity index (χ1) is 6.75. The second-order valence-corrected chi connectivity index (χ2v) is 2.87. The summed E-state index contributed by atoms with van der Waals surface area (Å²) in [4.78, 5) is 10.5. The minimum absolute atomic E-state index is 0.111. The van der Waals surface area contributed by atoms with Gasteiger partial charge in [0.25, 0.3) is 5.91 Å². The lowest BCUT2D eigenvalue weighted by Crippen LogP contribution is -2.19. The molecule has 1 amide bonds. The largest absolute Gasteiger partial charge is 0.484 e. The number of fused-ring (bicyclic) bond motifs is 1. The summed E-state index contributed by atoms with van der Waals surface area (Å²) in [5, 5.41) is 7.66. The van der Waals surface area contributed by atoms with Gasteiger partial charge in [0, 0.05) is 11.5 Å². The van der Waals surface area contributed by atoms with Gasteiger partial charge in [0.05, 0.1) is 11.7 Å². The highest BCUT2D eigenvalue weighted by Gasteiger charge is 2.00. The molecular weight excluding hydrogens is 182 g/mol. The number of carbonyl (C=O) groups excluding carboxylic acids is 1. The van der Waals surface area contributed by atoms with Crippen LogP contribution in [0.15, 0.2) is 24.4 Å². The Kier molecular flexibility index (Phi) is 2.06. The van der Waals surface area contributed by atoms with Gasteiger partial charge in [0.2, 0.25) is 0 Å². The van der Waals surface area contributed by atoms with E-state index < -0.39 is 5.91 Å². The number of aromatic nitrogens is 2. The zero-order valence-electron chi connectivity index (χ0n) is 7.36. The van der Waals surface area contributed by atoms with E-state index in [4.69, 9.17) is 10.5 Å². The van der Waals surface area contributed by atoms with Crippen LogP contribution in [0, 0.1) is 0 Å². The number of carbonyl (C=O) groups is 1. The van der Waals surface area contributed by atoms with Gasteiger partial charge in [0.15, 0.2) is 6.61 Å². The fourth-order valence-corrected chi connectivity index (χ4v) is 1.16. The topological polar surface area (TPSA) is 81.0 Å². The molecule has 0 radical (unpaired) electrons. The third-order valence-electron chi connectivity index (χ3n) is 1.79. The summed E-state index contributed by atoms with van der Waals surface area (Å²) in [6.45, 7) is -0.111. The van der Waals surface area contributed by atoms with Crippen LogP contribution in [0.4, 0.5) is 0 Å². The molecule has 0 bridgehead atoms. The molecule has 0 saturated carbocycles. The first kappa shape index (κ1) is 8.55. The van der Waals surface area contributed by atoms with Crippen LogP contribution < -0.4 is 10.5 Å². The van der Waals surface area contributed by atoms with Crippen molar-refractivity contribution >= 4 is 16.8 Å². The molecule has 0 atom stereocenters. The van der Waals surface area contributed by atoms with Crippen molar-refractivity contribution in [1.29, 1.82) is 0 Å². The normalized spacial score (nSPS) is 10.3. The number of rotatable bonds is 3. The second-order valence-electron chi connectivity index (χ2n) is 2.87. The predicted molar refractivity (Wildman–Crippen MR) is 50.8 cm³/mol. The molecule has 5 nitrogen and oxygen atoms in total. The van der Waals surface area contributed by atoms with Crippen LogP contribution >= 0.6 is 0 Å². The number of nitrogens with one attached hydrogen (secondary N) is 1. The Bertz CT molecular complexity index is 464. The molecule has 72 valence electrons. The van der Waals surface area contributed by atoms with Crippen LogP contribution in [-0.2, 0) is 4.79 Å². The van der Waals surface area contributed by atoms with Gasteiger partial charge in [-0.15, -0.1) is 0 Å². The summed E-state index contributed by atoms with van der Waals surface area (Å²) in [5.41, 5.74) is 5.82. The summed E-state index contributed by atoms with van der Waals surface area (Å²) < 4.78 is 5.12. The van der Waals surface area contributed by atoms with Crippen LogP contribution in [-0.4, -0.2) is 22.7 Å². The van der Waals surface area contributed by atoms with Crippen molar-refractivity contribution in [1.82, 2.24) is 10.2 Å². The number of amides is 1. The number of aromatic amines is 1. The fraction of sp³-hybridized carbons (Fsp3) is 0.111. The highest BCUT2D eigenvalue weighted by Crippen LogP contribution is 2.18. The highest BCUT2D eigenvalue weighted by molar-refractivity contribution is 5.79. The Labute approximate surface area is 79.9 Å². The van der Waals surface area contributed by atoms with Gasteiger partial charge < -0.3 is 10.5 Å². The van der Waals surface area contributed by atoms with Crippen LogP contribution in [0.3, 0.4) is 0 Å². The van der Waals surface area contributed by atoms with E-state index in [1.807, 2.05) is 6.07 Å². The van der Waals surface area contributed by atoms with Gasteiger partial charge in [-0.05, 0) is 12.1 Å². The van der Waals surface area contributed by atoms with Crippen molar-refractivity contribution in [2.45, 2.75) is 0 Å². The van der Waals surface area contributed by atoms with E-state index in [2.05, 4.69) is 10.2 Å². The third kappa shape index (κ3) is 1.66. The van der Waals surface area contributed by atoms with Crippen LogP contribution in [0.25, 0.3) is 10.9 Å². The van der Waals surface area contributed by atoms with E-state index in [-0.39, 0.29) is 6.61 Å². The Hall–Kier alpha value is -2.04. The Balaban J connectivity index is 2.21. The second kappa shape index (κ2) is 3.37. The minimum Gasteiger partial charge on any atom is -0.484 e. The third-order valence-corrected chi connectivity index (χ3v) is 1.79. The van der Waals surface area contributed by atoms with Gasteiger partial charge in [-0.3, -0.25) is 9.89 Å². The molecule has 0 spiro atoms. The Morgan fingerprint density at radius 1 is 1.57 bits per heavy atom. The first-order valence-corrected chi connectivity index (χ1v) is 4.10. The molecule has 0 unspecified atom stereocenters. The minimum atomic E-state index is -0.491. The lowest BCUT2D eigenvalue weighted by Gasteiger charge is -2.02. The van der Waals surface area contributed by atoms with E-state index in [0.717, 1.165) is 10.9 Å². The van der Waals surface area contributed by atoms with Crippen molar-refractivity contribution in [3.8, 4) is 5.75 Å². The first-order valence-electron chi connectivity index (χ1n) is 4.10. The number of hydrogen-bond acceptors (Lipinski definition) is 3. The maximum absolute atomic E-state index is 10.5. The average Bonchev–Trinajstić information content (AvgIpc) is 2.61. The molecule has 3 N–H and O–H groups in total. The smallest absolute Gasteiger partial charge is 0.255 e. The van der Waals surface area contributed by atoms with Gasteiger partial charge in [0.1, 0.15) is 5.75 Å². The number of primary amides is 1. The predicted octanol–water partition coefficient (Wildman–Crippen LogP) is 0.427. The zero-order chi connectivity index (χ0) is 9.97. The molecule has 1 aromatic heterocycles. The summed E-state index contributed by atoms with van der Waals surface area (Å²) in [7, 11) is 0. The van der Waals surface area contributed by atoms with Gasteiger partial charge in [-0.1, -0.05) is 0 Å². The molecule has 2 rings (SSSR count). The van der Waals surface area contributed by atoms with Crippen LogP contribution in [0.2, 0.25) is 0 Å². The summed E-state index contributed by atoms with van der Waals surface area (Å²) in [6, 6.07) is 5.39. The molecule has 5 heteroatoms. The monoisotopic (exact) mass is 191 g/mol. The van der Waals surface area contributed by atoms with E-state index in [9.17, 15) is 4.79 Å². The lowest BCUT2D eigenvalue weighted by atomic mass is 10.2. The zero-order valence-corrected chi connectivity index (χ0v) is 7.36. The molecule has 0 aliphatic heterocycles. The van der Waals surface area contributed by atoms with Crippen LogP contribution in [0.1, 0.15) is 0 Å². The van der Waals surface area contributed by atoms with Gasteiger partial charge >= 0.3 is 0 Å². The fourth-order valence-electron chi connectivity index (χ4n) is 1.16. The number of benzene rings is 1. The Morgan fingerprint density at radius 3 is 3.21 bits per heavy atom. The van der Waals surface area contributed by atoms with Crippen molar-refractivity contribution in [2.75, 3.05) is 6.61 Å². The SMILES string of the molecule is NC(=O)COc1ccc2cn[nH]c2c1. The molecule has 1 heterocycles. The van der Waals surface area contributed by atoms with Crippen molar-refractivity contribution in [2.24, 2.45) is 5.73 Å². The maximum atomic E-state index is 10.5. The van der Waals surface area contributed by atoms with E-state index in [0.29, 0.717) is 5.75 Å². The van der Waals surface area contributed by atoms with Crippen molar-refractivity contribution < 1.29 is 9.53 Å². The highest BCUT2D eigenvalue weighted by atomic mass is 16.5. The quantitative estimate of drug-likeness (QED) is 0.738. The number of nitrogens with two attached hydrogens (primary N) is 1. The molecule has 14 heavy (non-hydrogen) atoms. The number of nitrogens with zero attached hydrogens (tertiary/aromatic N) is 1. The number of H-pyrrole nitrogens is 1. The van der Waals surface area contributed by atoms with Gasteiger partial charge in [-0.2, -0.15) is 5.10 Å². The lowest BCUT2D eigenvalue weighted by molar-refractivity contribution is -0.119. The summed E-state index contributed by atoms with van der Waals surface area (Å²) in [5.74, 6) is 0.107. The number of ether oxygens (including phenoxy) is 1. The average molecular weight is 191 g/mol. The van der Waals surface area contributed by atoms with Gasteiger partial charge in [-0.25, -0.2) is 0 Å². The summed E-state index contributed by atoms with van der Waals surface area (Å²) in [6.07, 6.45) is 1.72. The number of hydrogen-bond donors (Lipinski definition) is 2. The van der Waals surface area contributed by atoms with E-state index >= 15 is 0 Å². The van der Waals surface area contributed by atoms with Crippen LogP contribution in [0.5, 0.6) is 5.75 Å². The van der Waals surface area contributed by atoms with Crippen molar-refractivity contribution in [3.63, 3.8) is 0 Å². The molecule has 0 saturated heterocycles. The summed E-state index contributed by atoms with van der Waals surface area (Å²) >= 11 is 0. The Morgan fingerprint density at radius 2 is 2.43 bits per heavy atom. The molecule has 0 fully saturated rings. The van der Waals surface area contributed by atoms with E-state index in [1.54, 1.807) is 18.3 Å². The molecule has 0 aliphatic rings. The molecule has 1 aromatic carbocycles. The molecular formula is C9H9N3O2. The standard InChI is InChI=1S/C9H9N3O2/c10-9(13)5-14-7-2-1-6-4-11-12-8(6)3-7/h1-4H,5H2,(H2,10,13)(H,11,12). The molecule has 0 aliphatic carbocycles.